The molecule has 2 heterocycles. The Morgan fingerprint density at radius 3 is 2.75 bits per heavy atom. The first-order chi connectivity index (χ1) is 9.66. The summed E-state index contributed by atoms with van der Waals surface area (Å²) in [6.07, 6.45) is 0.462. The summed E-state index contributed by atoms with van der Waals surface area (Å²) in [5, 5.41) is 5.40. The van der Waals surface area contributed by atoms with Crippen LogP contribution in [0.25, 0.3) is 0 Å². The minimum atomic E-state index is -0.632. The molecule has 1 aliphatic rings. The summed E-state index contributed by atoms with van der Waals surface area (Å²) in [6.45, 7) is 0. The number of carbonyl (C=O) groups excluding carboxylic acids is 2. The Labute approximate surface area is 120 Å². The molecule has 1 aromatic heterocycles. The Balaban J connectivity index is 1.92. The molecule has 1 atom stereocenters. The second kappa shape index (κ2) is 4.97. The van der Waals surface area contributed by atoms with Gasteiger partial charge in [0.2, 0.25) is 5.91 Å². The summed E-state index contributed by atoms with van der Waals surface area (Å²) < 4.78 is 0. The highest BCUT2D eigenvalue weighted by atomic mass is 32.1. The number of hydrogen-bond acceptors (Lipinski definition) is 3. The van der Waals surface area contributed by atoms with Crippen LogP contribution in [0.1, 0.15) is 5.56 Å². The highest BCUT2D eigenvalue weighted by Crippen LogP contribution is 2.32. The molecule has 20 heavy (non-hydrogen) atoms. The number of nitrogens with two attached hydrogens (primary N) is 1. The molecule has 5 nitrogen and oxygen atoms in total. The van der Waals surface area contributed by atoms with E-state index in [-0.39, 0.29) is 6.03 Å². The second-order valence-electron chi connectivity index (χ2n) is 4.53. The molecule has 3 rings (SSSR count). The average molecular weight is 287 g/mol. The van der Waals surface area contributed by atoms with Gasteiger partial charge in [0.25, 0.3) is 0 Å². The van der Waals surface area contributed by atoms with Crippen LogP contribution in [0, 0.1) is 0 Å². The van der Waals surface area contributed by atoms with Crippen LogP contribution in [-0.2, 0) is 11.2 Å². The maximum absolute atomic E-state index is 12.4. The van der Waals surface area contributed by atoms with E-state index in [2.05, 4.69) is 5.32 Å². The summed E-state index contributed by atoms with van der Waals surface area (Å²) >= 11 is 1.43. The number of thiophene rings is 1. The number of nitrogens with zero attached hydrogens (tertiary/aromatic N) is 1. The Morgan fingerprint density at radius 1 is 1.25 bits per heavy atom. The first-order valence-corrected chi connectivity index (χ1v) is 7.05. The number of carbonyl (C=O) groups is 2. The van der Waals surface area contributed by atoms with Gasteiger partial charge in [-0.25, -0.2) is 4.79 Å². The van der Waals surface area contributed by atoms with Crippen molar-refractivity contribution in [3.8, 4) is 0 Å². The molecule has 0 saturated carbocycles. The minimum absolute atomic E-state index is 0.332. The molecular formula is C14H13N3O2S. The van der Waals surface area contributed by atoms with Crippen LogP contribution in [-0.4, -0.2) is 18.0 Å². The Hall–Kier alpha value is -2.34. The van der Waals surface area contributed by atoms with Gasteiger partial charge in [0.05, 0.1) is 5.00 Å². The van der Waals surface area contributed by atoms with Crippen molar-refractivity contribution in [3.63, 3.8) is 0 Å². The normalized spacial score (nSPS) is 16.8. The predicted octanol–water partition coefficient (Wildman–Crippen LogP) is 2.20. The number of urea groups is 1. The van der Waals surface area contributed by atoms with Crippen molar-refractivity contribution in [2.75, 3.05) is 10.2 Å². The maximum Gasteiger partial charge on any atom is 0.327 e. The van der Waals surface area contributed by atoms with Crippen LogP contribution >= 0.6 is 11.3 Å². The van der Waals surface area contributed by atoms with Gasteiger partial charge in [-0.15, -0.1) is 11.3 Å². The van der Waals surface area contributed by atoms with Crippen LogP contribution in [0.3, 0.4) is 0 Å². The molecule has 0 radical (unpaired) electrons. The van der Waals surface area contributed by atoms with E-state index in [1.165, 1.54) is 16.2 Å². The molecule has 102 valence electrons. The zero-order valence-corrected chi connectivity index (χ0v) is 11.4. The summed E-state index contributed by atoms with van der Waals surface area (Å²) in [5.41, 5.74) is 7.12. The number of amides is 3. The van der Waals surface area contributed by atoms with Crippen molar-refractivity contribution < 1.29 is 9.59 Å². The number of hydrogen-bond donors (Lipinski definition) is 2. The van der Waals surface area contributed by atoms with E-state index in [1.807, 2.05) is 41.8 Å². The van der Waals surface area contributed by atoms with Crippen LogP contribution < -0.4 is 16.0 Å². The molecule has 1 aromatic carbocycles. The number of nitrogens with one attached hydrogen (secondary N) is 1. The van der Waals surface area contributed by atoms with E-state index < -0.39 is 11.9 Å². The Morgan fingerprint density at radius 2 is 2.05 bits per heavy atom. The summed E-state index contributed by atoms with van der Waals surface area (Å²) in [5.74, 6) is -0.498. The zero-order chi connectivity index (χ0) is 14.1. The lowest BCUT2D eigenvalue weighted by molar-refractivity contribution is -0.119. The molecule has 0 aliphatic carbocycles. The van der Waals surface area contributed by atoms with E-state index >= 15 is 0 Å². The number of fused-ring (bicyclic) bond motifs is 1. The monoisotopic (exact) mass is 287 g/mol. The minimum Gasteiger partial charge on any atom is -0.368 e. The smallest absolute Gasteiger partial charge is 0.327 e. The van der Waals surface area contributed by atoms with Gasteiger partial charge in [-0.2, -0.15) is 0 Å². The van der Waals surface area contributed by atoms with Crippen LogP contribution in [0.15, 0.2) is 41.8 Å². The van der Waals surface area contributed by atoms with Gasteiger partial charge in [0.15, 0.2) is 0 Å². The number of benzene rings is 1. The van der Waals surface area contributed by atoms with Gasteiger partial charge in [0.1, 0.15) is 6.04 Å². The van der Waals surface area contributed by atoms with Crippen molar-refractivity contribution in [1.82, 2.24) is 0 Å². The summed E-state index contributed by atoms with van der Waals surface area (Å²) in [4.78, 5) is 25.4. The van der Waals surface area contributed by atoms with E-state index in [0.29, 0.717) is 6.42 Å². The van der Waals surface area contributed by atoms with Crippen LogP contribution in [0.4, 0.5) is 15.5 Å². The fraction of sp³-hybridized carbons (Fsp3) is 0.143. The van der Waals surface area contributed by atoms with E-state index in [9.17, 15) is 9.59 Å². The fourth-order valence-electron chi connectivity index (χ4n) is 2.38. The lowest BCUT2D eigenvalue weighted by atomic mass is 10.1. The standard InChI is InChI=1S/C14H13N3O2S/c15-13(18)11-8-9-4-1-2-5-10(9)17(11)14(19)16-12-6-3-7-20-12/h1-7,11H,8H2,(H2,15,18)(H,16,19). The predicted molar refractivity (Wildman–Crippen MR) is 78.9 cm³/mol. The van der Waals surface area contributed by atoms with Crippen molar-refractivity contribution in [1.29, 1.82) is 0 Å². The largest absolute Gasteiger partial charge is 0.368 e. The van der Waals surface area contributed by atoms with Gasteiger partial charge in [0, 0.05) is 12.1 Å². The molecule has 0 spiro atoms. The van der Waals surface area contributed by atoms with Crippen molar-refractivity contribution in [3.05, 3.63) is 47.3 Å². The summed E-state index contributed by atoms with van der Waals surface area (Å²) in [7, 11) is 0. The van der Waals surface area contributed by atoms with Gasteiger partial charge in [-0.3, -0.25) is 15.0 Å². The number of rotatable bonds is 2. The fourth-order valence-corrected chi connectivity index (χ4v) is 2.99. The number of primary amides is 1. The lowest BCUT2D eigenvalue weighted by Crippen LogP contribution is -2.47. The number of anilines is 2. The third kappa shape index (κ3) is 2.14. The van der Waals surface area contributed by atoms with E-state index in [1.54, 1.807) is 0 Å². The van der Waals surface area contributed by atoms with E-state index in [4.69, 9.17) is 5.73 Å². The second-order valence-corrected chi connectivity index (χ2v) is 5.48. The molecule has 3 N–H and O–H groups in total. The molecule has 1 aliphatic heterocycles. The highest BCUT2D eigenvalue weighted by Gasteiger charge is 2.37. The van der Waals surface area contributed by atoms with Crippen molar-refractivity contribution in [2.45, 2.75) is 12.5 Å². The highest BCUT2D eigenvalue weighted by molar-refractivity contribution is 7.14. The average Bonchev–Trinajstić information content (AvgIpc) is 3.04. The zero-order valence-electron chi connectivity index (χ0n) is 10.6. The Bertz CT molecular complexity index is 654. The third-order valence-electron chi connectivity index (χ3n) is 3.27. The van der Waals surface area contributed by atoms with Gasteiger partial charge in [-0.05, 0) is 29.1 Å². The van der Waals surface area contributed by atoms with Gasteiger partial charge >= 0.3 is 6.03 Å². The lowest BCUT2D eigenvalue weighted by Gasteiger charge is -2.23. The maximum atomic E-state index is 12.4. The number of para-hydroxylation sites is 1. The molecule has 0 fully saturated rings. The van der Waals surface area contributed by atoms with Crippen LogP contribution in [0.2, 0.25) is 0 Å². The third-order valence-corrected chi connectivity index (χ3v) is 4.06. The molecule has 3 amide bonds. The topological polar surface area (TPSA) is 75.4 Å². The SMILES string of the molecule is NC(=O)C1Cc2ccccc2N1C(=O)Nc1cccs1. The quantitative estimate of drug-likeness (QED) is 0.888. The van der Waals surface area contributed by atoms with Crippen LogP contribution in [0.5, 0.6) is 0 Å². The molecule has 6 heteroatoms. The summed E-state index contributed by atoms with van der Waals surface area (Å²) in [6, 6.07) is 10.2. The first kappa shape index (κ1) is 12.7. The van der Waals surface area contributed by atoms with E-state index in [0.717, 1.165) is 16.3 Å². The van der Waals surface area contributed by atoms with Crippen molar-refractivity contribution in [2.24, 2.45) is 5.73 Å². The molecule has 1 unspecified atom stereocenters. The van der Waals surface area contributed by atoms with Gasteiger partial charge < -0.3 is 5.73 Å². The van der Waals surface area contributed by atoms with Crippen molar-refractivity contribution >= 4 is 34.0 Å². The molecule has 0 saturated heterocycles. The first-order valence-electron chi connectivity index (χ1n) is 6.18. The van der Waals surface area contributed by atoms with Gasteiger partial charge in [-0.1, -0.05) is 18.2 Å². The molecule has 2 aromatic rings. The molecule has 0 bridgehead atoms. The molecular weight excluding hydrogens is 274 g/mol. The Kier molecular flexibility index (Phi) is 3.15.